The molecule has 2 saturated carbocycles. The van der Waals surface area contributed by atoms with Crippen molar-refractivity contribution in [3.63, 3.8) is 0 Å². The Morgan fingerprint density at radius 3 is 2.59 bits per heavy atom. The van der Waals surface area contributed by atoms with E-state index >= 15 is 0 Å². The third-order valence-corrected chi connectivity index (χ3v) is 9.65. The number of carbonyl (C=O) groups is 2. The SMILES string of the molecule is CC=C(C)C(=O)O[C@H]1C(C)=C[C@]23C(=O)[C@@H](C=C4COC(C)(C)O[C@H]4[C@]12O)[C@H]1[C@@H](C[C@H]3C)C1(C)C. The molecule has 0 aromatic heterocycles. The average Bonchev–Trinajstić information content (AvgIpc) is 3.25. The van der Waals surface area contributed by atoms with E-state index in [0.717, 1.165) is 12.0 Å². The zero-order valence-electron chi connectivity index (χ0n) is 21.6. The Hall–Kier alpha value is -1.76. The molecule has 6 heteroatoms. The van der Waals surface area contributed by atoms with Crippen molar-refractivity contribution >= 4 is 11.8 Å². The van der Waals surface area contributed by atoms with Gasteiger partial charge in [0, 0.05) is 11.5 Å². The van der Waals surface area contributed by atoms with Crippen molar-refractivity contribution in [1.82, 2.24) is 0 Å². The van der Waals surface area contributed by atoms with E-state index in [1.165, 1.54) is 0 Å². The van der Waals surface area contributed by atoms with Crippen LogP contribution in [-0.2, 0) is 23.8 Å². The minimum atomic E-state index is -1.76. The van der Waals surface area contributed by atoms with E-state index in [4.69, 9.17) is 14.2 Å². The molecule has 186 valence electrons. The summed E-state index contributed by atoms with van der Waals surface area (Å²) in [5.74, 6) is -1.30. The highest BCUT2D eigenvalue weighted by atomic mass is 16.7. The molecule has 0 aromatic rings. The molecule has 0 radical (unpaired) electrons. The minimum Gasteiger partial charge on any atom is -0.451 e. The van der Waals surface area contributed by atoms with E-state index in [1.807, 2.05) is 32.9 Å². The summed E-state index contributed by atoms with van der Waals surface area (Å²) < 4.78 is 18.4. The van der Waals surface area contributed by atoms with Gasteiger partial charge in [-0.2, -0.15) is 0 Å². The lowest BCUT2D eigenvalue weighted by Crippen LogP contribution is -2.68. The topological polar surface area (TPSA) is 82.1 Å². The summed E-state index contributed by atoms with van der Waals surface area (Å²) in [6, 6.07) is 0. The number of esters is 1. The van der Waals surface area contributed by atoms with Gasteiger partial charge in [-0.25, -0.2) is 4.79 Å². The van der Waals surface area contributed by atoms with E-state index in [-0.39, 0.29) is 35.6 Å². The molecule has 2 bridgehead atoms. The lowest BCUT2D eigenvalue weighted by molar-refractivity contribution is -0.303. The van der Waals surface area contributed by atoms with Crippen LogP contribution in [0, 0.1) is 34.5 Å². The number of hydrogen-bond donors (Lipinski definition) is 1. The molecule has 1 heterocycles. The van der Waals surface area contributed by atoms with E-state index in [0.29, 0.717) is 17.1 Å². The lowest BCUT2D eigenvalue weighted by atomic mass is 9.59. The standard InChI is InChI=1S/C28H38O6/c1-9-14(2)24(30)33-22-15(3)12-27-16(4)10-19-20(25(19,5)6)18(21(27)29)11-17-13-32-26(7,8)34-23(17)28(22,27)31/h9,11-12,16,18-20,22-23,31H,10,13H2,1-8H3/t16-,18+,19-,20+,22+,23-,27+,28-/m1/s1. The van der Waals surface area contributed by atoms with E-state index in [2.05, 4.69) is 20.8 Å². The lowest BCUT2D eigenvalue weighted by Gasteiger charge is -2.52. The molecule has 5 rings (SSSR count). The monoisotopic (exact) mass is 470 g/mol. The van der Waals surface area contributed by atoms with Gasteiger partial charge >= 0.3 is 5.97 Å². The van der Waals surface area contributed by atoms with Crippen LogP contribution in [0.15, 0.2) is 34.9 Å². The smallest absolute Gasteiger partial charge is 0.334 e. The number of Topliss-reactive ketones (excluding diaryl/α,β-unsaturated/α-hetero) is 1. The second-order valence-corrected chi connectivity index (χ2v) is 12.2. The van der Waals surface area contributed by atoms with Crippen molar-refractivity contribution in [1.29, 1.82) is 0 Å². The number of ketones is 1. The number of rotatable bonds is 2. The summed E-state index contributed by atoms with van der Waals surface area (Å²) in [5.41, 5.74) is -0.994. The van der Waals surface area contributed by atoms with Gasteiger partial charge in [0.05, 0.1) is 12.0 Å². The minimum absolute atomic E-state index is 0.0181. The summed E-state index contributed by atoms with van der Waals surface area (Å²) in [5, 5.41) is 12.9. The van der Waals surface area contributed by atoms with Gasteiger partial charge in [0.1, 0.15) is 6.10 Å². The molecule has 0 aromatic carbocycles. The molecule has 5 aliphatic rings. The Balaban J connectivity index is 1.72. The van der Waals surface area contributed by atoms with E-state index < -0.39 is 35.0 Å². The van der Waals surface area contributed by atoms with Crippen molar-refractivity contribution in [3.8, 4) is 0 Å². The average molecular weight is 471 g/mol. The van der Waals surface area contributed by atoms with Gasteiger partial charge in [-0.3, -0.25) is 4.79 Å². The van der Waals surface area contributed by atoms with Gasteiger partial charge in [-0.05, 0) is 75.4 Å². The first kappa shape index (κ1) is 24.0. The second-order valence-electron chi connectivity index (χ2n) is 12.2. The number of allylic oxidation sites excluding steroid dienone is 2. The first-order chi connectivity index (χ1) is 15.7. The summed E-state index contributed by atoms with van der Waals surface area (Å²) in [6.45, 7) is 15.8. The summed E-state index contributed by atoms with van der Waals surface area (Å²) >= 11 is 0. The number of aliphatic hydroxyl groups is 1. The van der Waals surface area contributed by atoms with Crippen molar-refractivity contribution in [3.05, 3.63) is 34.9 Å². The first-order valence-electron chi connectivity index (χ1n) is 12.5. The van der Waals surface area contributed by atoms with E-state index in [9.17, 15) is 14.7 Å². The number of hydrogen-bond acceptors (Lipinski definition) is 6. The highest BCUT2D eigenvalue weighted by Crippen LogP contribution is 2.72. The van der Waals surface area contributed by atoms with Gasteiger partial charge in [0.25, 0.3) is 0 Å². The molecular formula is C28H38O6. The Labute approximate surface area is 202 Å². The molecule has 8 atom stereocenters. The number of carbonyl (C=O) groups excluding carboxylic acids is 2. The van der Waals surface area contributed by atoms with Crippen LogP contribution < -0.4 is 0 Å². The maximum absolute atomic E-state index is 14.6. The quantitative estimate of drug-likeness (QED) is 0.371. The first-order valence-corrected chi connectivity index (χ1v) is 12.5. The van der Waals surface area contributed by atoms with Crippen LogP contribution in [0.1, 0.15) is 61.8 Å². The molecule has 1 aliphatic heterocycles. The van der Waals surface area contributed by atoms with Gasteiger partial charge < -0.3 is 19.3 Å². The Morgan fingerprint density at radius 1 is 1.26 bits per heavy atom. The predicted molar refractivity (Wildman–Crippen MR) is 126 cm³/mol. The van der Waals surface area contributed by atoms with Crippen LogP contribution >= 0.6 is 0 Å². The molecule has 1 spiro atoms. The maximum atomic E-state index is 14.6. The molecule has 0 unspecified atom stereocenters. The molecular weight excluding hydrogens is 432 g/mol. The normalized spacial score (nSPS) is 46.1. The van der Waals surface area contributed by atoms with Crippen LogP contribution in [0.25, 0.3) is 0 Å². The molecule has 1 saturated heterocycles. The van der Waals surface area contributed by atoms with Crippen LogP contribution in [0.4, 0.5) is 0 Å². The highest BCUT2D eigenvalue weighted by molar-refractivity contribution is 5.96. The third kappa shape index (κ3) is 2.85. The molecule has 3 fully saturated rings. The van der Waals surface area contributed by atoms with E-state index in [1.54, 1.807) is 19.9 Å². The summed E-state index contributed by atoms with van der Waals surface area (Å²) in [7, 11) is 0. The van der Waals surface area contributed by atoms with Crippen LogP contribution in [0.3, 0.4) is 0 Å². The second kappa shape index (κ2) is 7.14. The summed E-state index contributed by atoms with van der Waals surface area (Å²) in [6.07, 6.45) is 4.62. The fourth-order valence-corrected chi connectivity index (χ4v) is 7.62. The highest BCUT2D eigenvalue weighted by Gasteiger charge is 2.77. The van der Waals surface area contributed by atoms with Gasteiger partial charge in [0.2, 0.25) is 0 Å². The number of fused-ring (bicyclic) bond motifs is 5. The largest absolute Gasteiger partial charge is 0.451 e. The Morgan fingerprint density at radius 2 is 1.94 bits per heavy atom. The van der Waals surface area contributed by atoms with Crippen molar-refractivity contribution in [2.24, 2.45) is 34.5 Å². The van der Waals surface area contributed by atoms with Crippen LogP contribution in [-0.4, -0.2) is 47.1 Å². The molecule has 0 amide bonds. The molecule has 34 heavy (non-hydrogen) atoms. The molecule has 4 aliphatic carbocycles. The molecule has 6 nitrogen and oxygen atoms in total. The summed E-state index contributed by atoms with van der Waals surface area (Å²) in [4.78, 5) is 27.5. The fraction of sp³-hybridized carbons (Fsp3) is 0.714. The number of ether oxygens (including phenoxy) is 3. The zero-order valence-corrected chi connectivity index (χ0v) is 21.6. The van der Waals surface area contributed by atoms with Crippen molar-refractivity contribution in [2.75, 3.05) is 6.61 Å². The van der Waals surface area contributed by atoms with Crippen LogP contribution in [0.2, 0.25) is 0 Å². The zero-order chi connectivity index (χ0) is 25.0. The van der Waals surface area contributed by atoms with Crippen molar-refractivity contribution < 1.29 is 28.9 Å². The Bertz CT molecular complexity index is 1050. The van der Waals surface area contributed by atoms with Crippen LogP contribution in [0.5, 0.6) is 0 Å². The Kier molecular flexibility index (Phi) is 5.03. The molecule has 1 N–H and O–H groups in total. The van der Waals surface area contributed by atoms with Gasteiger partial charge in [-0.15, -0.1) is 0 Å². The fourth-order valence-electron chi connectivity index (χ4n) is 7.62. The maximum Gasteiger partial charge on any atom is 0.334 e. The van der Waals surface area contributed by atoms with Crippen molar-refractivity contribution in [2.45, 2.75) is 85.4 Å². The third-order valence-electron chi connectivity index (χ3n) is 9.65. The van der Waals surface area contributed by atoms with Gasteiger partial charge in [0.15, 0.2) is 23.3 Å². The van der Waals surface area contributed by atoms with Gasteiger partial charge in [-0.1, -0.05) is 39.0 Å². The predicted octanol–water partition coefficient (Wildman–Crippen LogP) is 4.13.